The minimum atomic E-state index is 0.173. The van der Waals surface area contributed by atoms with Gasteiger partial charge in [0.1, 0.15) is 0 Å². The highest BCUT2D eigenvalue weighted by Crippen LogP contribution is 2.14. The van der Waals surface area contributed by atoms with Gasteiger partial charge in [0.15, 0.2) is 0 Å². The third kappa shape index (κ3) is 13.1. The predicted molar refractivity (Wildman–Crippen MR) is 116 cm³/mol. The zero-order valence-electron chi connectivity index (χ0n) is 18.4. The molecule has 1 rings (SSSR count). The SMILES string of the molecule is CCCCCCCC/C=C\CCCCCCCC(=O)N1CC(C)OC(C)C1. The van der Waals surface area contributed by atoms with E-state index in [2.05, 4.69) is 32.9 Å². The number of nitrogens with zero attached hydrogens (tertiary/aromatic N) is 1. The molecule has 0 spiro atoms. The number of allylic oxidation sites excluding steroid dienone is 2. The fourth-order valence-corrected chi connectivity index (χ4v) is 3.89. The Bertz CT molecular complexity index is 384. The number of carbonyl (C=O) groups is 1. The summed E-state index contributed by atoms with van der Waals surface area (Å²) < 4.78 is 5.70. The molecule has 0 bridgehead atoms. The minimum Gasteiger partial charge on any atom is -0.372 e. The van der Waals surface area contributed by atoms with E-state index in [1.165, 1.54) is 77.0 Å². The first-order chi connectivity index (χ1) is 13.1. The van der Waals surface area contributed by atoms with Crippen molar-refractivity contribution in [1.82, 2.24) is 4.90 Å². The van der Waals surface area contributed by atoms with Crippen LogP contribution in [0.4, 0.5) is 0 Å². The second-order valence-electron chi connectivity index (χ2n) is 8.39. The number of ether oxygens (including phenoxy) is 1. The van der Waals surface area contributed by atoms with Gasteiger partial charge in [-0.05, 0) is 46.0 Å². The van der Waals surface area contributed by atoms with Crippen molar-refractivity contribution in [1.29, 1.82) is 0 Å². The molecular weight excluding hydrogens is 334 g/mol. The zero-order chi connectivity index (χ0) is 19.7. The highest BCUT2D eigenvalue weighted by atomic mass is 16.5. The quantitative estimate of drug-likeness (QED) is 0.235. The van der Waals surface area contributed by atoms with Crippen LogP contribution in [0.2, 0.25) is 0 Å². The van der Waals surface area contributed by atoms with Crippen LogP contribution in [0.25, 0.3) is 0 Å². The molecule has 1 amide bonds. The molecule has 0 N–H and O–H groups in total. The Kier molecular flexibility index (Phi) is 14.5. The van der Waals surface area contributed by atoms with Crippen molar-refractivity contribution in [3.8, 4) is 0 Å². The molecule has 2 atom stereocenters. The first-order valence-corrected chi connectivity index (χ1v) is 11.7. The molecule has 2 unspecified atom stereocenters. The standard InChI is InChI=1S/C24H45NO2/c1-4-5-6-7-8-9-10-11-12-13-14-15-16-17-18-19-24(26)25-20-22(2)27-23(3)21-25/h11-12,22-23H,4-10,13-21H2,1-3H3/b12-11-. The van der Waals surface area contributed by atoms with Crippen LogP contribution in [0.15, 0.2) is 12.2 Å². The Hall–Kier alpha value is -0.830. The van der Waals surface area contributed by atoms with E-state index >= 15 is 0 Å². The van der Waals surface area contributed by atoms with Gasteiger partial charge in [-0.15, -0.1) is 0 Å². The highest BCUT2D eigenvalue weighted by Gasteiger charge is 2.25. The van der Waals surface area contributed by atoms with E-state index in [9.17, 15) is 4.79 Å². The van der Waals surface area contributed by atoms with Gasteiger partial charge in [0.25, 0.3) is 0 Å². The summed E-state index contributed by atoms with van der Waals surface area (Å²) in [5.41, 5.74) is 0. The van der Waals surface area contributed by atoms with Crippen molar-refractivity contribution in [2.45, 2.75) is 123 Å². The first-order valence-electron chi connectivity index (χ1n) is 11.7. The molecule has 1 heterocycles. The van der Waals surface area contributed by atoms with Crippen molar-refractivity contribution < 1.29 is 9.53 Å². The normalized spacial score (nSPS) is 20.5. The van der Waals surface area contributed by atoms with Gasteiger partial charge in [0, 0.05) is 19.5 Å². The molecule has 158 valence electrons. The molecule has 3 nitrogen and oxygen atoms in total. The summed E-state index contributed by atoms with van der Waals surface area (Å²) in [5, 5.41) is 0. The van der Waals surface area contributed by atoms with Gasteiger partial charge >= 0.3 is 0 Å². The van der Waals surface area contributed by atoms with Crippen LogP contribution < -0.4 is 0 Å². The van der Waals surface area contributed by atoms with Gasteiger partial charge in [-0.3, -0.25) is 4.79 Å². The third-order valence-electron chi connectivity index (χ3n) is 5.42. The monoisotopic (exact) mass is 379 g/mol. The number of hydrogen-bond acceptors (Lipinski definition) is 2. The summed E-state index contributed by atoms with van der Waals surface area (Å²) in [4.78, 5) is 14.3. The predicted octanol–water partition coefficient (Wildman–Crippen LogP) is 6.66. The molecule has 0 radical (unpaired) electrons. The van der Waals surface area contributed by atoms with Gasteiger partial charge in [-0.2, -0.15) is 0 Å². The number of carbonyl (C=O) groups excluding carboxylic acids is 1. The van der Waals surface area contributed by atoms with Gasteiger partial charge < -0.3 is 9.64 Å². The second kappa shape index (κ2) is 16.2. The molecule has 1 aliphatic rings. The lowest BCUT2D eigenvalue weighted by Crippen LogP contribution is -2.48. The molecule has 3 heteroatoms. The summed E-state index contributed by atoms with van der Waals surface area (Å²) in [6.45, 7) is 7.90. The van der Waals surface area contributed by atoms with Crippen molar-refractivity contribution in [2.75, 3.05) is 13.1 Å². The van der Waals surface area contributed by atoms with E-state index in [0.717, 1.165) is 19.5 Å². The third-order valence-corrected chi connectivity index (χ3v) is 5.42. The summed E-state index contributed by atoms with van der Waals surface area (Å²) in [6, 6.07) is 0. The lowest BCUT2D eigenvalue weighted by atomic mass is 10.1. The van der Waals surface area contributed by atoms with Crippen molar-refractivity contribution in [3.63, 3.8) is 0 Å². The number of rotatable bonds is 15. The average molecular weight is 380 g/mol. The van der Waals surface area contributed by atoms with Crippen LogP contribution in [0, 0.1) is 0 Å². The van der Waals surface area contributed by atoms with Crippen LogP contribution >= 0.6 is 0 Å². The Balaban J connectivity index is 1.87. The Morgan fingerprint density at radius 2 is 1.30 bits per heavy atom. The zero-order valence-corrected chi connectivity index (χ0v) is 18.4. The second-order valence-corrected chi connectivity index (χ2v) is 8.39. The van der Waals surface area contributed by atoms with E-state index in [-0.39, 0.29) is 12.2 Å². The van der Waals surface area contributed by atoms with E-state index in [1.54, 1.807) is 0 Å². The highest BCUT2D eigenvalue weighted by molar-refractivity contribution is 5.76. The topological polar surface area (TPSA) is 29.5 Å². The number of amides is 1. The molecule has 1 fully saturated rings. The van der Waals surface area contributed by atoms with E-state index in [1.807, 2.05) is 4.90 Å². The van der Waals surface area contributed by atoms with E-state index in [4.69, 9.17) is 4.74 Å². The lowest BCUT2D eigenvalue weighted by molar-refractivity contribution is -0.143. The molecule has 1 aliphatic heterocycles. The molecule has 0 aromatic rings. The van der Waals surface area contributed by atoms with Crippen LogP contribution in [0.3, 0.4) is 0 Å². The Morgan fingerprint density at radius 3 is 1.85 bits per heavy atom. The Morgan fingerprint density at radius 1 is 0.815 bits per heavy atom. The Labute approximate surface area is 168 Å². The van der Waals surface area contributed by atoms with Gasteiger partial charge in [0.2, 0.25) is 5.91 Å². The largest absolute Gasteiger partial charge is 0.372 e. The molecular formula is C24H45NO2. The fraction of sp³-hybridized carbons (Fsp3) is 0.875. The smallest absolute Gasteiger partial charge is 0.222 e. The maximum Gasteiger partial charge on any atom is 0.222 e. The molecule has 1 saturated heterocycles. The molecule has 27 heavy (non-hydrogen) atoms. The molecule has 0 aromatic heterocycles. The van der Waals surface area contributed by atoms with Crippen molar-refractivity contribution in [3.05, 3.63) is 12.2 Å². The van der Waals surface area contributed by atoms with Crippen LogP contribution in [0.5, 0.6) is 0 Å². The van der Waals surface area contributed by atoms with Gasteiger partial charge in [-0.1, -0.05) is 70.4 Å². The average Bonchev–Trinajstić information content (AvgIpc) is 2.64. The number of morpholine rings is 1. The van der Waals surface area contributed by atoms with Crippen LogP contribution in [-0.2, 0) is 9.53 Å². The van der Waals surface area contributed by atoms with E-state index in [0.29, 0.717) is 12.3 Å². The molecule has 0 saturated carbocycles. The van der Waals surface area contributed by atoms with Gasteiger partial charge in [0.05, 0.1) is 12.2 Å². The first kappa shape index (κ1) is 24.2. The van der Waals surface area contributed by atoms with Crippen molar-refractivity contribution in [2.24, 2.45) is 0 Å². The summed E-state index contributed by atoms with van der Waals surface area (Å²) >= 11 is 0. The number of hydrogen-bond donors (Lipinski definition) is 0. The van der Waals surface area contributed by atoms with Crippen LogP contribution in [0.1, 0.15) is 111 Å². The van der Waals surface area contributed by atoms with Crippen LogP contribution in [-0.4, -0.2) is 36.1 Å². The van der Waals surface area contributed by atoms with Crippen molar-refractivity contribution >= 4 is 5.91 Å². The fourth-order valence-electron chi connectivity index (χ4n) is 3.89. The summed E-state index contributed by atoms with van der Waals surface area (Å²) in [7, 11) is 0. The summed E-state index contributed by atoms with van der Waals surface area (Å²) in [6.07, 6.45) is 22.6. The number of unbranched alkanes of at least 4 members (excludes halogenated alkanes) is 11. The lowest BCUT2D eigenvalue weighted by Gasteiger charge is -2.35. The maximum absolute atomic E-state index is 12.3. The molecule has 0 aliphatic carbocycles. The van der Waals surface area contributed by atoms with E-state index < -0.39 is 0 Å². The molecule has 0 aromatic carbocycles. The minimum absolute atomic E-state index is 0.173. The van der Waals surface area contributed by atoms with Gasteiger partial charge in [-0.25, -0.2) is 0 Å². The summed E-state index contributed by atoms with van der Waals surface area (Å²) in [5.74, 6) is 0.314. The maximum atomic E-state index is 12.3.